The molecule has 108 valence electrons. The van der Waals surface area contributed by atoms with Gasteiger partial charge in [0.1, 0.15) is 0 Å². The van der Waals surface area contributed by atoms with Gasteiger partial charge in [-0.15, -0.1) is 0 Å². The van der Waals surface area contributed by atoms with Gasteiger partial charge in [-0.25, -0.2) is 8.42 Å². The van der Waals surface area contributed by atoms with Gasteiger partial charge in [-0.05, 0) is 54.4 Å². The van der Waals surface area contributed by atoms with Gasteiger partial charge in [0.15, 0.2) is 0 Å². The van der Waals surface area contributed by atoms with Crippen molar-refractivity contribution in [1.82, 2.24) is 0 Å². The maximum Gasteiger partial charge on any atom is 0.232 e. The highest BCUT2D eigenvalue weighted by Gasteiger charge is 2.10. The number of benzene rings is 2. The average Bonchev–Trinajstić information content (AvgIpc) is 2.38. The maximum atomic E-state index is 11.9. The molecule has 2 aromatic carbocycles. The first-order chi connectivity index (χ1) is 9.50. The molecule has 0 radical (unpaired) electrons. The van der Waals surface area contributed by atoms with Crippen molar-refractivity contribution in [3.63, 3.8) is 0 Å². The minimum Gasteiger partial charge on any atom is -0.330 e. The lowest BCUT2D eigenvalue weighted by molar-refractivity contribution is 0.597. The molecule has 0 spiro atoms. The molecule has 6 heteroatoms. The first-order valence-corrected chi connectivity index (χ1v) is 8.84. The quantitative estimate of drug-likeness (QED) is 0.781. The normalized spacial score (nSPS) is 11.7. The van der Waals surface area contributed by atoms with E-state index < -0.39 is 10.0 Å². The zero-order valence-electron chi connectivity index (χ0n) is 11.0. The summed E-state index contributed by atoms with van der Waals surface area (Å²) in [6.07, 6.45) is 1.29. The summed E-state index contributed by atoms with van der Waals surface area (Å²) in [5, 5.41) is 2.06. The summed E-state index contributed by atoms with van der Waals surface area (Å²) < 4.78 is 27.4. The van der Waals surface area contributed by atoms with Crippen LogP contribution in [0.2, 0.25) is 0 Å². The van der Waals surface area contributed by atoms with Gasteiger partial charge in [-0.3, -0.25) is 4.72 Å². The molecule has 0 saturated carbocycles. The smallest absolute Gasteiger partial charge is 0.232 e. The van der Waals surface area contributed by atoms with Crippen LogP contribution in [0.1, 0.15) is 12.8 Å². The Morgan fingerprint density at radius 3 is 2.50 bits per heavy atom. The molecular weight excluding hydrogens is 340 g/mol. The van der Waals surface area contributed by atoms with E-state index in [2.05, 4.69) is 20.7 Å². The average molecular weight is 357 g/mol. The van der Waals surface area contributed by atoms with Gasteiger partial charge in [0.25, 0.3) is 0 Å². The van der Waals surface area contributed by atoms with Crippen LogP contribution in [-0.2, 0) is 10.0 Å². The van der Waals surface area contributed by atoms with Gasteiger partial charge >= 0.3 is 0 Å². The van der Waals surface area contributed by atoms with E-state index in [9.17, 15) is 8.42 Å². The Kier molecular flexibility index (Phi) is 5.01. The van der Waals surface area contributed by atoms with Gasteiger partial charge in [0, 0.05) is 10.2 Å². The second kappa shape index (κ2) is 6.56. The van der Waals surface area contributed by atoms with Crippen molar-refractivity contribution in [2.75, 3.05) is 17.0 Å². The molecule has 2 aromatic rings. The third-order valence-electron chi connectivity index (χ3n) is 2.94. The Hall–Kier alpha value is -1.11. The molecule has 0 saturated heterocycles. The third-order valence-corrected chi connectivity index (χ3v) is 4.81. The van der Waals surface area contributed by atoms with Crippen molar-refractivity contribution in [2.45, 2.75) is 12.8 Å². The minimum atomic E-state index is -3.30. The molecule has 20 heavy (non-hydrogen) atoms. The first-order valence-electron chi connectivity index (χ1n) is 6.40. The molecule has 0 heterocycles. The summed E-state index contributed by atoms with van der Waals surface area (Å²) in [6, 6.07) is 11.4. The van der Waals surface area contributed by atoms with Crippen molar-refractivity contribution < 1.29 is 8.42 Å². The SMILES string of the molecule is NCCCCS(=O)(=O)Nc1ccc2cc(Br)ccc2c1. The lowest BCUT2D eigenvalue weighted by Gasteiger charge is -2.09. The van der Waals surface area contributed by atoms with Gasteiger partial charge in [0.2, 0.25) is 10.0 Å². The Morgan fingerprint density at radius 2 is 1.75 bits per heavy atom. The van der Waals surface area contributed by atoms with Gasteiger partial charge < -0.3 is 5.73 Å². The van der Waals surface area contributed by atoms with E-state index in [0.29, 0.717) is 25.1 Å². The summed E-state index contributed by atoms with van der Waals surface area (Å²) >= 11 is 3.41. The third kappa shape index (κ3) is 4.19. The summed E-state index contributed by atoms with van der Waals surface area (Å²) in [5.41, 5.74) is 5.96. The Bertz CT molecular complexity index is 701. The fourth-order valence-corrected chi connectivity index (χ4v) is 3.50. The molecular formula is C14H17BrN2O2S. The van der Waals surface area contributed by atoms with E-state index in [1.165, 1.54) is 0 Å². The first kappa shape index (κ1) is 15.3. The number of sulfonamides is 1. The molecule has 0 aliphatic rings. The van der Waals surface area contributed by atoms with Crippen LogP contribution in [0.3, 0.4) is 0 Å². The Labute approximate surface area is 127 Å². The van der Waals surface area contributed by atoms with Gasteiger partial charge in [0.05, 0.1) is 5.75 Å². The molecule has 0 bridgehead atoms. The molecule has 0 amide bonds. The molecule has 0 aliphatic carbocycles. The number of anilines is 1. The monoisotopic (exact) mass is 356 g/mol. The van der Waals surface area contributed by atoms with E-state index in [-0.39, 0.29) is 5.75 Å². The van der Waals surface area contributed by atoms with Crippen molar-refractivity contribution in [1.29, 1.82) is 0 Å². The molecule has 0 aromatic heterocycles. The van der Waals surface area contributed by atoms with E-state index in [1.807, 2.05) is 30.3 Å². The van der Waals surface area contributed by atoms with Crippen LogP contribution in [0, 0.1) is 0 Å². The predicted molar refractivity (Wildman–Crippen MR) is 87.3 cm³/mol. The fraction of sp³-hybridized carbons (Fsp3) is 0.286. The molecule has 2 rings (SSSR count). The highest BCUT2D eigenvalue weighted by atomic mass is 79.9. The van der Waals surface area contributed by atoms with Crippen molar-refractivity contribution in [2.24, 2.45) is 5.73 Å². The molecule has 0 unspecified atom stereocenters. The number of fused-ring (bicyclic) bond motifs is 1. The summed E-state index contributed by atoms with van der Waals surface area (Å²) in [4.78, 5) is 0. The van der Waals surface area contributed by atoms with Crippen LogP contribution in [0.5, 0.6) is 0 Å². The Balaban J connectivity index is 2.15. The number of hydrogen-bond donors (Lipinski definition) is 2. The van der Waals surface area contributed by atoms with Crippen LogP contribution in [0.25, 0.3) is 10.8 Å². The number of nitrogens with two attached hydrogens (primary N) is 1. The lowest BCUT2D eigenvalue weighted by Crippen LogP contribution is -2.17. The molecule has 0 fully saturated rings. The zero-order chi connectivity index (χ0) is 14.6. The van der Waals surface area contributed by atoms with Crippen LogP contribution in [-0.4, -0.2) is 20.7 Å². The number of nitrogens with one attached hydrogen (secondary N) is 1. The van der Waals surface area contributed by atoms with Crippen LogP contribution in [0.4, 0.5) is 5.69 Å². The zero-order valence-corrected chi connectivity index (χ0v) is 13.4. The topological polar surface area (TPSA) is 72.2 Å². The summed E-state index contributed by atoms with van der Waals surface area (Å²) in [7, 11) is -3.30. The number of unbranched alkanes of at least 4 members (excludes halogenated alkanes) is 1. The predicted octanol–water partition coefficient (Wildman–Crippen LogP) is 3.08. The van der Waals surface area contributed by atoms with E-state index >= 15 is 0 Å². The molecule has 3 N–H and O–H groups in total. The molecule has 0 atom stereocenters. The van der Waals surface area contributed by atoms with Crippen LogP contribution >= 0.6 is 15.9 Å². The second-order valence-electron chi connectivity index (χ2n) is 4.62. The van der Waals surface area contributed by atoms with Crippen molar-refractivity contribution >= 4 is 42.4 Å². The van der Waals surface area contributed by atoms with Crippen molar-refractivity contribution in [3.8, 4) is 0 Å². The summed E-state index contributed by atoms with van der Waals surface area (Å²) in [5.74, 6) is 0.0998. The number of rotatable bonds is 6. The van der Waals surface area contributed by atoms with Gasteiger partial charge in [-0.1, -0.05) is 28.1 Å². The van der Waals surface area contributed by atoms with E-state index in [0.717, 1.165) is 15.2 Å². The highest BCUT2D eigenvalue weighted by Crippen LogP contribution is 2.23. The lowest BCUT2D eigenvalue weighted by atomic mass is 10.1. The second-order valence-corrected chi connectivity index (χ2v) is 7.38. The number of hydrogen-bond acceptors (Lipinski definition) is 3. The highest BCUT2D eigenvalue weighted by molar-refractivity contribution is 9.10. The van der Waals surface area contributed by atoms with Crippen molar-refractivity contribution in [3.05, 3.63) is 40.9 Å². The largest absolute Gasteiger partial charge is 0.330 e. The number of halogens is 1. The maximum absolute atomic E-state index is 11.9. The van der Waals surface area contributed by atoms with E-state index in [4.69, 9.17) is 5.73 Å². The minimum absolute atomic E-state index is 0.0998. The molecule has 4 nitrogen and oxygen atoms in total. The summed E-state index contributed by atoms with van der Waals surface area (Å²) in [6.45, 7) is 0.514. The standard InChI is InChI=1S/C14H17BrN2O2S/c15-13-5-3-12-10-14(6-4-11(12)9-13)17-20(18,19)8-2-1-7-16/h3-6,9-10,17H,1-2,7-8,16H2. The Morgan fingerprint density at radius 1 is 1.05 bits per heavy atom. The molecule has 0 aliphatic heterocycles. The van der Waals surface area contributed by atoms with Crippen LogP contribution < -0.4 is 10.5 Å². The van der Waals surface area contributed by atoms with E-state index in [1.54, 1.807) is 6.07 Å². The van der Waals surface area contributed by atoms with Crippen LogP contribution in [0.15, 0.2) is 40.9 Å². The fourth-order valence-electron chi connectivity index (χ4n) is 1.95. The van der Waals surface area contributed by atoms with Gasteiger partial charge in [-0.2, -0.15) is 0 Å².